The Balaban J connectivity index is 3.34. The topological polar surface area (TPSA) is 43.1 Å². The molecule has 0 atom stereocenters. The number of rotatable bonds is 5. The van der Waals surface area contributed by atoms with Crippen LogP contribution in [0.2, 0.25) is 0 Å². The van der Waals surface area contributed by atoms with E-state index >= 15 is 0 Å². The molecule has 0 aliphatic heterocycles. The van der Waals surface area contributed by atoms with Crippen LogP contribution in [0.1, 0.15) is 35.1 Å². The van der Waals surface area contributed by atoms with Crippen LogP contribution in [0.4, 0.5) is 30.7 Å². The summed E-state index contributed by atoms with van der Waals surface area (Å²) in [6.07, 6.45) is -11.7. The van der Waals surface area contributed by atoms with Crippen molar-refractivity contribution in [2.24, 2.45) is 5.73 Å². The Hall–Kier alpha value is -1.80. The average Bonchev–Trinajstić information content (AvgIpc) is 2.37. The quantitative estimate of drug-likeness (QED) is 0.778. The first kappa shape index (κ1) is 20.2. The lowest BCUT2D eigenvalue weighted by molar-refractivity contribution is -0.348. The Morgan fingerprint density at radius 2 is 1.38 bits per heavy atom. The fraction of sp³-hybridized carbons (Fsp3) is 0.533. The van der Waals surface area contributed by atoms with Crippen molar-refractivity contribution < 1.29 is 35.5 Å². The third-order valence-electron chi connectivity index (χ3n) is 3.73. The van der Waals surface area contributed by atoms with E-state index in [9.17, 15) is 35.5 Å². The van der Waals surface area contributed by atoms with Gasteiger partial charge in [0.2, 0.25) is 5.91 Å². The van der Waals surface area contributed by atoms with Gasteiger partial charge in [0.1, 0.15) is 0 Å². The number of nitrogens with two attached hydrogens (primary N) is 1. The number of carbonyl (C=O) groups excluding carboxylic acids is 1. The maximum atomic E-state index is 14.1. The smallest absolute Gasteiger partial charge is 0.370 e. The minimum atomic E-state index is -6.14. The summed E-state index contributed by atoms with van der Waals surface area (Å²) in [4.78, 5) is 10.7. The van der Waals surface area contributed by atoms with Gasteiger partial charge < -0.3 is 5.73 Å². The van der Waals surface area contributed by atoms with Crippen LogP contribution in [-0.2, 0) is 16.9 Å². The molecule has 24 heavy (non-hydrogen) atoms. The Labute approximate surface area is 133 Å². The summed E-state index contributed by atoms with van der Waals surface area (Å²) in [5, 5.41) is 0. The molecular weight excluding hydrogens is 343 g/mol. The highest BCUT2D eigenvalue weighted by Gasteiger charge is 2.73. The monoisotopic (exact) mass is 359 g/mol. The molecule has 0 heterocycles. The Morgan fingerprint density at radius 3 is 1.71 bits per heavy atom. The van der Waals surface area contributed by atoms with Crippen molar-refractivity contribution in [3.8, 4) is 0 Å². The fourth-order valence-electron chi connectivity index (χ4n) is 2.51. The molecule has 2 N–H and O–H groups in total. The number of amides is 1. The third-order valence-corrected chi connectivity index (χ3v) is 3.73. The number of carbonyl (C=O) groups is 1. The van der Waals surface area contributed by atoms with Crippen LogP contribution in [-0.4, -0.2) is 18.3 Å². The minimum absolute atomic E-state index is 0.0266. The van der Waals surface area contributed by atoms with Gasteiger partial charge in [0.25, 0.3) is 0 Å². The molecule has 0 aliphatic carbocycles. The Kier molecular flexibility index (Phi) is 5.57. The molecule has 1 rings (SSSR count). The van der Waals surface area contributed by atoms with E-state index in [1.54, 1.807) is 0 Å². The predicted molar refractivity (Wildman–Crippen MR) is 72.9 cm³/mol. The summed E-state index contributed by atoms with van der Waals surface area (Å²) in [6.45, 7) is 2.59. The van der Waals surface area contributed by atoms with Gasteiger partial charge in [-0.1, -0.05) is 12.1 Å². The molecule has 0 aromatic heterocycles. The van der Waals surface area contributed by atoms with Crippen molar-refractivity contribution in [2.75, 3.05) is 0 Å². The van der Waals surface area contributed by atoms with E-state index in [-0.39, 0.29) is 30.4 Å². The van der Waals surface area contributed by atoms with Gasteiger partial charge in [0, 0.05) is 12.0 Å². The summed E-state index contributed by atoms with van der Waals surface area (Å²) in [6, 6.07) is 1.10. The highest BCUT2D eigenvalue weighted by Crippen LogP contribution is 2.53. The van der Waals surface area contributed by atoms with Crippen LogP contribution in [0.3, 0.4) is 0 Å². The first-order valence-corrected chi connectivity index (χ1v) is 6.93. The maximum absolute atomic E-state index is 14.1. The molecule has 136 valence electrons. The predicted octanol–water partition coefficient (Wildman–Crippen LogP) is 4.40. The van der Waals surface area contributed by atoms with Gasteiger partial charge in [0.05, 0.1) is 0 Å². The zero-order chi connectivity index (χ0) is 18.9. The zero-order valence-corrected chi connectivity index (χ0v) is 12.9. The molecule has 9 heteroatoms. The van der Waals surface area contributed by atoms with Crippen molar-refractivity contribution >= 4 is 5.91 Å². The second kappa shape index (κ2) is 6.60. The molecule has 0 unspecified atom stereocenters. The number of halogens is 7. The van der Waals surface area contributed by atoms with Crippen LogP contribution in [0.15, 0.2) is 12.1 Å². The SMILES string of the molecule is Cc1cc(C(F)(C(F)(F)F)C(F)(F)F)cc(C)c1CCCC(N)=O. The largest absolute Gasteiger partial charge is 0.435 e. The van der Waals surface area contributed by atoms with E-state index in [0.29, 0.717) is 17.7 Å². The molecular formula is C15H16F7NO. The van der Waals surface area contributed by atoms with Crippen molar-refractivity contribution in [3.05, 3.63) is 34.4 Å². The number of hydrogen-bond acceptors (Lipinski definition) is 1. The minimum Gasteiger partial charge on any atom is -0.370 e. The molecule has 1 aromatic carbocycles. The van der Waals surface area contributed by atoms with Gasteiger partial charge in [-0.3, -0.25) is 4.79 Å². The van der Waals surface area contributed by atoms with E-state index in [2.05, 4.69) is 0 Å². The van der Waals surface area contributed by atoms with E-state index < -0.39 is 29.5 Å². The standard InChI is InChI=1S/C15H16F7NO/c1-8-6-10(13(16,14(17,18)19)15(20,21)22)7-9(2)11(8)4-3-5-12(23)24/h6-7H,3-5H2,1-2H3,(H2,23,24). The molecule has 1 aromatic rings. The summed E-state index contributed by atoms with van der Waals surface area (Å²) < 4.78 is 90.8. The zero-order valence-electron chi connectivity index (χ0n) is 12.9. The van der Waals surface area contributed by atoms with Crippen molar-refractivity contribution in [1.29, 1.82) is 0 Å². The third kappa shape index (κ3) is 3.81. The molecule has 2 nitrogen and oxygen atoms in total. The fourth-order valence-corrected chi connectivity index (χ4v) is 2.51. The Morgan fingerprint density at radius 1 is 0.958 bits per heavy atom. The highest BCUT2D eigenvalue weighted by molar-refractivity contribution is 5.73. The van der Waals surface area contributed by atoms with E-state index in [1.807, 2.05) is 0 Å². The second-order valence-electron chi connectivity index (χ2n) is 5.56. The summed E-state index contributed by atoms with van der Waals surface area (Å²) in [5.74, 6) is -0.571. The average molecular weight is 359 g/mol. The molecule has 0 saturated heterocycles. The van der Waals surface area contributed by atoms with Gasteiger partial charge in [-0.25, -0.2) is 4.39 Å². The lowest BCUT2D eigenvalue weighted by Gasteiger charge is -2.31. The van der Waals surface area contributed by atoms with E-state index in [0.717, 1.165) is 0 Å². The van der Waals surface area contributed by atoms with Crippen LogP contribution in [0, 0.1) is 13.8 Å². The molecule has 0 bridgehead atoms. The van der Waals surface area contributed by atoms with Gasteiger partial charge in [-0.05, 0) is 43.4 Å². The van der Waals surface area contributed by atoms with Crippen LogP contribution >= 0.6 is 0 Å². The first-order chi connectivity index (χ1) is 10.7. The van der Waals surface area contributed by atoms with Crippen molar-refractivity contribution in [3.63, 3.8) is 0 Å². The number of primary amides is 1. The summed E-state index contributed by atoms with van der Waals surface area (Å²) in [7, 11) is 0. The maximum Gasteiger partial charge on any atom is 0.435 e. The summed E-state index contributed by atoms with van der Waals surface area (Å²) in [5.41, 5.74) is -1.34. The number of hydrogen-bond donors (Lipinski definition) is 1. The van der Waals surface area contributed by atoms with Crippen LogP contribution in [0.25, 0.3) is 0 Å². The molecule has 0 aliphatic rings. The highest BCUT2D eigenvalue weighted by atomic mass is 19.4. The Bertz CT molecular complexity index is 582. The van der Waals surface area contributed by atoms with Crippen LogP contribution in [0.5, 0.6) is 0 Å². The van der Waals surface area contributed by atoms with Gasteiger partial charge in [-0.2, -0.15) is 26.3 Å². The first-order valence-electron chi connectivity index (χ1n) is 6.93. The van der Waals surface area contributed by atoms with Gasteiger partial charge in [-0.15, -0.1) is 0 Å². The van der Waals surface area contributed by atoms with Crippen molar-refractivity contribution in [2.45, 2.75) is 51.1 Å². The summed E-state index contributed by atoms with van der Waals surface area (Å²) >= 11 is 0. The number of alkyl halides is 7. The normalized spacial score (nSPS) is 13.2. The van der Waals surface area contributed by atoms with E-state index in [4.69, 9.17) is 5.73 Å². The molecule has 1 amide bonds. The molecule has 0 radical (unpaired) electrons. The molecule has 0 fully saturated rings. The van der Waals surface area contributed by atoms with Gasteiger partial charge >= 0.3 is 18.0 Å². The molecule has 0 spiro atoms. The second-order valence-corrected chi connectivity index (χ2v) is 5.56. The van der Waals surface area contributed by atoms with E-state index in [1.165, 1.54) is 13.8 Å². The number of benzene rings is 1. The van der Waals surface area contributed by atoms with Crippen molar-refractivity contribution in [1.82, 2.24) is 0 Å². The van der Waals surface area contributed by atoms with Crippen LogP contribution < -0.4 is 5.73 Å². The molecule has 0 saturated carbocycles. The number of aryl methyl sites for hydroxylation is 2. The lowest BCUT2D eigenvalue weighted by atomic mass is 9.87. The van der Waals surface area contributed by atoms with Gasteiger partial charge in [0.15, 0.2) is 0 Å². The lowest BCUT2D eigenvalue weighted by Crippen LogP contribution is -2.50.